The topological polar surface area (TPSA) is 62.1 Å². The first kappa shape index (κ1) is 17.1. The third-order valence-electron chi connectivity index (χ3n) is 5.23. The average molecular weight is 366 g/mol. The Hall–Kier alpha value is -2.32. The van der Waals surface area contributed by atoms with Gasteiger partial charge < -0.3 is 10.1 Å². The maximum absolute atomic E-state index is 12.6. The van der Waals surface area contributed by atoms with Gasteiger partial charge in [0.15, 0.2) is 0 Å². The fourth-order valence-corrected chi connectivity index (χ4v) is 5.07. The smallest absolute Gasteiger partial charge is 0.256 e. The number of hydrogen-bond donors (Lipinski definition) is 1. The van der Waals surface area contributed by atoms with E-state index in [4.69, 9.17) is 4.74 Å². The highest BCUT2D eigenvalue weighted by Crippen LogP contribution is 2.37. The van der Waals surface area contributed by atoms with Crippen molar-refractivity contribution in [1.82, 2.24) is 0 Å². The molecule has 0 unspecified atom stereocenters. The standard InChI is InChI=1S/C21H22N2O2S/c22-13-18-17-7-3-4-8-19(17)26-21(18)23-20(24)14-9-11-16(12-10-14)25-15-5-1-2-6-15/h9-12,15H,1-8H2,(H,23,24). The number of benzene rings is 1. The number of ether oxygens (including phenoxy) is 1. The molecule has 2 aliphatic rings. The summed E-state index contributed by atoms with van der Waals surface area (Å²) in [7, 11) is 0. The van der Waals surface area contributed by atoms with Crippen molar-refractivity contribution < 1.29 is 9.53 Å². The zero-order valence-corrected chi connectivity index (χ0v) is 15.5. The molecular formula is C21H22N2O2S. The van der Waals surface area contributed by atoms with Crippen LogP contribution in [-0.4, -0.2) is 12.0 Å². The van der Waals surface area contributed by atoms with Gasteiger partial charge in [0.05, 0.1) is 11.7 Å². The Balaban J connectivity index is 1.46. The van der Waals surface area contributed by atoms with Gasteiger partial charge in [-0.3, -0.25) is 4.79 Å². The molecule has 1 aromatic carbocycles. The van der Waals surface area contributed by atoms with E-state index in [9.17, 15) is 10.1 Å². The number of fused-ring (bicyclic) bond motifs is 1. The van der Waals surface area contributed by atoms with E-state index >= 15 is 0 Å². The van der Waals surface area contributed by atoms with Gasteiger partial charge in [0.2, 0.25) is 0 Å². The predicted octanol–water partition coefficient (Wildman–Crippen LogP) is 5.07. The number of nitrogens with zero attached hydrogens (tertiary/aromatic N) is 1. The lowest BCUT2D eigenvalue weighted by Gasteiger charge is -2.13. The summed E-state index contributed by atoms with van der Waals surface area (Å²) in [5.41, 5.74) is 2.37. The summed E-state index contributed by atoms with van der Waals surface area (Å²) in [6.45, 7) is 0. The quantitative estimate of drug-likeness (QED) is 0.821. The Kier molecular flexibility index (Phi) is 4.94. The van der Waals surface area contributed by atoms with Crippen molar-refractivity contribution in [1.29, 1.82) is 5.26 Å². The van der Waals surface area contributed by atoms with E-state index in [1.165, 1.54) is 17.7 Å². The molecule has 0 saturated heterocycles. The second kappa shape index (κ2) is 7.51. The molecule has 2 aromatic rings. The fourth-order valence-electron chi connectivity index (χ4n) is 3.83. The summed E-state index contributed by atoms with van der Waals surface area (Å²) < 4.78 is 5.95. The lowest BCUT2D eigenvalue weighted by Crippen LogP contribution is -2.13. The van der Waals surface area contributed by atoms with Crippen LogP contribution in [0.3, 0.4) is 0 Å². The van der Waals surface area contributed by atoms with Gasteiger partial charge in [0.25, 0.3) is 5.91 Å². The zero-order chi connectivity index (χ0) is 17.9. The van der Waals surface area contributed by atoms with Gasteiger partial charge in [0.1, 0.15) is 16.8 Å². The average Bonchev–Trinajstić information content (AvgIpc) is 3.29. The first-order valence-corrected chi connectivity index (χ1v) is 10.2. The molecule has 0 spiro atoms. The molecule has 26 heavy (non-hydrogen) atoms. The van der Waals surface area contributed by atoms with Crippen molar-refractivity contribution in [2.24, 2.45) is 0 Å². The molecule has 1 saturated carbocycles. The number of thiophene rings is 1. The van der Waals surface area contributed by atoms with Gasteiger partial charge in [-0.1, -0.05) is 0 Å². The van der Waals surface area contributed by atoms with E-state index in [2.05, 4.69) is 11.4 Å². The van der Waals surface area contributed by atoms with Crippen molar-refractivity contribution in [3.63, 3.8) is 0 Å². The van der Waals surface area contributed by atoms with Gasteiger partial charge in [-0.05, 0) is 81.2 Å². The van der Waals surface area contributed by atoms with Gasteiger partial charge in [-0.15, -0.1) is 11.3 Å². The van der Waals surface area contributed by atoms with Crippen molar-refractivity contribution in [2.75, 3.05) is 5.32 Å². The second-order valence-corrected chi connectivity index (χ2v) is 8.13. The third kappa shape index (κ3) is 3.47. The van der Waals surface area contributed by atoms with Crippen molar-refractivity contribution in [3.05, 3.63) is 45.8 Å². The molecule has 0 aliphatic heterocycles. The number of aryl methyl sites for hydroxylation is 1. The number of carbonyl (C=O) groups excluding carboxylic acids is 1. The Morgan fingerprint density at radius 3 is 2.58 bits per heavy atom. The summed E-state index contributed by atoms with van der Waals surface area (Å²) in [6.07, 6.45) is 9.24. The molecule has 2 aliphatic carbocycles. The molecule has 1 heterocycles. The van der Waals surface area contributed by atoms with Crippen LogP contribution in [0.15, 0.2) is 24.3 Å². The molecule has 0 bridgehead atoms. The second-order valence-electron chi connectivity index (χ2n) is 7.03. The molecule has 0 atom stereocenters. The first-order valence-electron chi connectivity index (χ1n) is 9.37. The predicted molar refractivity (Wildman–Crippen MR) is 103 cm³/mol. The highest BCUT2D eigenvalue weighted by Gasteiger charge is 2.22. The van der Waals surface area contributed by atoms with Crippen LogP contribution in [0.2, 0.25) is 0 Å². The van der Waals surface area contributed by atoms with Gasteiger partial charge in [0, 0.05) is 10.4 Å². The van der Waals surface area contributed by atoms with Gasteiger partial charge in [-0.2, -0.15) is 5.26 Å². The molecule has 1 fully saturated rings. The van der Waals surface area contributed by atoms with Crippen LogP contribution in [0.25, 0.3) is 0 Å². The van der Waals surface area contributed by atoms with Crippen LogP contribution in [0.4, 0.5) is 5.00 Å². The van der Waals surface area contributed by atoms with E-state index < -0.39 is 0 Å². The summed E-state index contributed by atoms with van der Waals surface area (Å²) in [5.74, 6) is 0.644. The summed E-state index contributed by atoms with van der Waals surface area (Å²) in [4.78, 5) is 13.8. The Labute approximate surface area is 157 Å². The Bertz CT molecular complexity index is 842. The number of nitriles is 1. The maximum Gasteiger partial charge on any atom is 0.256 e. The largest absolute Gasteiger partial charge is 0.490 e. The summed E-state index contributed by atoms with van der Waals surface area (Å²) in [5, 5.41) is 13.1. The molecule has 4 rings (SSSR count). The van der Waals surface area contributed by atoms with Crippen LogP contribution >= 0.6 is 11.3 Å². The number of hydrogen-bond acceptors (Lipinski definition) is 4. The molecule has 1 aromatic heterocycles. The van der Waals surface area contributed by atoms with Crippen LogP contribution < -0.4 is 10.1 Å². The highest BCUT2D eigenvalue weighted by atomic mass is 32.1. The van der Waals surface area contributed by atoms with Crippen LogP contribution in [0.5, 0.6) is 5.75 Å². The first-order chi connectivity index (χ1) is 12.7. The highest BCUT2D eigenvalue weighted by molar-refractivity contribution is 7.16. The van der Waals surface area contributed by atoms with Crippen LogP contribution in [0, 0.1) is 11.3 Å². The number of anilines is 1. The maximum atomic E-state index is 12.6. The van der Waals surface area contributed by atoms with Crippen LogP contribution in [-0.2, 0) is 12.8 Å². The van der Waals surface area contributed by atoms with Gasteiger partial charge in [-0.25, -0.2) is 0 Å². The molecule has 134 valence electrons. The minimum absolute atomic E-state index is 0.174. The van der Waals surface area contributed by atoms with E-state index in [1.807, 2.05) is 12.1 Å². The third-order valence-corrected chi connectivity index (χ3v) is 6.44. The minimum Gasteiger partial charge on any atom is -0.490 e. The SMILES string of the molecule is N#Cc1c(NC(=O)c2ccc(OC3CCCC3)cc2)sc2c1CCCC2. The van der Waals surface area contributed by atoms with Crippen LogP contribution in [0.1, 0.15) is 64.9 Å². The molecule has 0 radical (unpaired) electrons. The van der Waals surface area contributed by atoms with E-state index in [0.29, 0.717) is 22.2 Å². The lowest BCUT2D eigenvalue weighted by molar-refractivity contribution is 0.102. The Morgan fingerprint density at radius 2 is 1.85 bits per heavy atom. The normalized spacial score (nSPS) is 16.7. The number of carbonyl (C=O) groups is 1. The molecular weight excluding hydrogens is 344 g/mol. The zero-order valence-electron chi connectivity index (χ0n) is 14.7. The molecule has 4 nitrogen and oxygen atoms in total. The Morgan fingerprint density at radius 1 is 1.12 bits per heavy atom. The van der Waals surface area contributed by atoms with E-state index in [1.54, 1.807) is 23.5 Å². The van der Waals surface area contributed by atoms with Crippen molar-refractivity contribution in [2.45, 2.75) is 57.5 Å². The molecule has 1 amide bonds. The monoisotopic (exact) mass is 366 g/mol. The van der Waals surface area contributed by atoms with E-state index in [-0.39, 0.29) is 5.91 Å². The summed E-state index contributed by atoms with van der Waals surface area (Å²) in [6, 6.07) is 9.59. The number of amides is 1. The van der Waals surface area contributed by atoms with Crippen molar-refractivity contribution in [3.8, 4) is 11.8 Å². The fraction of sp³-hybridized carbons (Fsp3) is 0.429. The van der Waals surface area contributed by atoms with Gasteiger partial charge >= 0.3 is 0 Å². The number of nitrogens with one attached hydrogen (secondary N) is 1. The number of rotatable bonds is 4. The minimum atomic E-state index is -0.174. The summed E-state index contributed by atoms with van der Waals surface area (Å²) >= 11 is 1.55. The van der Waals surface area contributed by atoms with Crippen molar-refractivity contribution >= 4 is 22.2 Å². The van der Waals surface area contributed by atoms with E-state index in [0.717, 1.165) is 49.8 Å². The molecule has 5 heteroatoms. The lowest BCUT2D eigenvalue weighted by atomic mass is 9.96. The molecule has 1 N–H and O–H groups in total.